The van der Waals surface area contributed by atoms with Crippen molar-refractivity contribution >= 4 is 11.7 Å². The summed E-state index contributed by atoms with van der Waals surface area (Å²) in [7, 11) is 0. The van der Waals surface area contributed by atoms with Gasteiger partial charge in [-0.25, -0.2) is 0 Å². The number of aromatic nitrogens is 2. The van der Waals surface area contributed by atoms with Crippen molar-refractivity contribution in [3.8, 4) is 0 Å². The second-order valence-corrected chi connectivity index (χ2v) is 8.97. The number of hydrogen-bond acceptors (Lipinski definition) is 4. The van der Waals surface area contributed by atoms with E-state index in [2.05, 4.69) is 77.6 Å². The van der Waals surface area contributed by atoms with E-state index in [9.17, 15) is 4.79 Å². The number of nitrogens with one attached hydrogen (secondary N) is 2. The zero-order valence-electron chi connectivity index (χ0n) is 19.3. The summed E-state index contributed by atoms with van der Waals surface area (Å²) in [6, 6.07) is 12.9. The summed E-state index contributed by atoms with van der Waals surface area (Å²) in [4.78, 5) is 14.7. The number of aryl methyl sites for hydroxylation is 2. The first-order valence-electron chi connectivity index (χ1n) is 11.4. The largest absolute Gasteiger partial charge is 0.365 e. The van der Waals surface area contributed by atoms with E-state index in [0.29, 0.717) is 24.3 Å². The fourth-order valence-corrected chi connectivity index (χ4v) is 4.48. The molecule has 168 valence electrons. The van der Waals surface area contributed by atoms with Crippen LogP contribution in [0.15, 0.2) is 36.4 Å². The Balaban J connectivity index is 1.45. The molecule has 1 aliphatic rings. The van der Waals surface area contributed by atoms with E-state index in [1.807, 2.05) is 0 Å². The van der Waals surface area contributed by atoms with Crippen LogP contribution in [0.2, 0.25) is 0 Å². The topological polar surface area (TPSA) is 87.0 Å². The van der Waals surface area contributed by atoms with Crippen LogP contribution in [0, 0.1) is 20.8 Å². The molecule has 0 unspecified atom stereocenters. The summed E-state index contributed by atoms with van der Waals surface area (Å²) in [5.41, 5.74) is 14.3. The third-order valence-corrected chi connectivity index (χ3v) is 6.54. The minimum Gasteiger partial charge on any atom is -0.365 e. The molecule has 1 saturated heterocycles. The summed E-state index contributed by atoms with van der Waals surface area (Å²) in [6.07, 6.45) is 3.18. The maximum Gasteiger partial charge on any atom is 0.254 e. The molecule has 0 spiro atoms. The zero-order chi connectivity index (χ0) is 22.7. The minimum absolute atomic E-state index is 0.437. The fourth-order valence-electron chi connectivity index (χ4n) is 4.48. The number of anilines is 1. The highest BCUT2D eigenvalue weighted by molar-refractivity contribution is 5.98. The van der Waals surface area contributed by atoms with Crippen molar-refractivity contribution < 1.29 is 4.79 Å². The molecule has 1 fully saturated rings. The molecular formula is C26H33N5O. The summed E-state index contributed by atoms with van der Waals surface area (Å²) in [5.74, 6) is 0.0344. The van der Waals surface area contributed by atoms with E-state index in [1.54, 1.807) is 0 Å². The quantitative estimate of drug-likeness (QED) is 0.498. The van der Waals surface area contributed by atoms with Gasteiger partial charge < -0.3 is 11.1 Å². The number of rotatable bonds is 8. The van der Waals surface area contributed by atoms with Crippen LogP contribution in [0.25, 0.3) is 0 Å². The Bertz CT molecular complexity index is 1070. The third-order valence-electron chi connectivity index (χ3n) is 6.54. The molecule has 2 heterocycles. The minimum atomic E-state index is -0.474. The van der Waals surface area contributed by atoms with Crippen LogP contribution in [0.5, 0.6) is 0 Å². The van der Waals surface area contributed by atoms with Crippen LogP contribution in [0.3, 0.4) is 0 Å². The van der Waals surface area contributed by atoms with Gasteiger partial charge in [-0.1, -0.05) is 36.4 Å². The highest BCUT2D eigenvalue weighted by atomic mass is 16.1. The van der Waals surface area contributed by atoms with E-state index in [0.717, 1.165) is 23.4 Å². The van der Waals surface area contributed by atoms with Gasteiger partial charge in [-0.2, -0.15) is 5.10 Å². The third kappa shape index (κ3) is 5.02. The number of likely N-dealkylation sites (tertiary alicyclic amines) is 1. The van der Waals surface area contributed by atoms with Gasteiger partial charge in [0.1, 0.15) is 5.56 Å². The first kappa shape index (κ1) is 22.1. The van der Waals surface area contributed by atoms with Crippen LogP contribution >= 0.6 is 0 Å². The van der Waals surface area contributed by atoms with E-state index in [1.165, 1.54) is 48.2 Å². The molecule has 6 nitrogen and oxygen atoms in total. The lowest BCUT2D eigenvalue weighted by Gasteiger charge is -2.14. The second kappa shape index (κ2) is 9.57. The Morgan fingerprint density at radius 3 is 2.28 bits per heavy atom. The predicted octanol–water partition coefficient (Wildman–Crippen LogP) is 4.23. The highest BCUT2D eigenvalue weighted by Gasteiger charge is 2.19. The van der Waals surface area contributed by atoms with Crippen molar-refractivity contribution in [3.63, 3.8) is 0 Å². The maximum absolute atomic E-state index is 12.2. The van der Waals surface area contributed by atoms with Gasteiger partial charge in [0.05, 0.1) is 5.69 Å². The number of nitrogens with two attached hydrogens (primary N) is 1. The van der Waals surface area contributed by atoms with Gasteiger partial charge in [0.15, 0.2) is 5.82 Å². The van der Waals surface area contributed by atoms with Crippen LogP contribution in [-0.4, -0.2) is 34.1 Å². The average Bonchev–Trinajstić information content (AvgIpc) is 3.41. The number of carbonyl (C=O) groups excluding carboxylic acids is 1. The van der Waals surface area contributed by atoms with Crippen molar-refractivity contribution in [2.45, 2.75) is 53.1 Å². The van der Waals surface area contributed by atoms with Gasteiger partial charge in [-0.05, 0) is 80.1 Å². The fraction of sp³-hybridized carbons (Fsp3) is 0.385. The highest BCUT2D eigenvalue weighted by Crippen LogP contribution is 2.22. The molecule has 3 aromatic rings. The first-order valence-corrected chi connectivity index (χ1v) is 11.4. The van der Waals surface area contributed by atoms with Gasteiger partial charge in [0, 0.05) is 19.5 Å². The lowest BCUT2D eigenvalue weighted by atomic mass is 10.0. The monoisotopic (exact) mass is 431 g/mol. The molecule has 6 heteroatoms. The average molecular weight is 432 g/mol. The number of amides is 1. The molecule has 32 heavy (non-hydrogen) atoms. The predicted molar refractivity (Wildman–Crippen MR) is 129 cm³/mol. The molecule has 4 N–H and O–H groups in total. The van der Waals surface area contributed by atoms with Crippen molar-refractivity contribution in [1.82, 2.24) is 15.1 Å². The molecule has 2 aromatic carbocycles. The number of carbonyl (C=O) groups is 1. The van der Waals surface area contributed by atoms with Crippen molar-refractivity contribution in [1.29, 1.82) is 0 Å². The summed E-state index contributed by atoms with van der Waals surface area (Å²) < 4.78 is 0. The SMILES string of the molecule is Cc1cc(CNc2n[nH]c(Cc3ccc(CN4CCCC4)cc3)c2C(N)=O)cc(C)c1C. The molecule has 0 saturated carbocycles. The lowest BCUT2D eigenvalue weighted by Crippen LogP contribution is -2.18. The molecule has 1 aromatic heterocycles. The molecular weight excluding hydrogens is 398 g/mol. The Morgan fingerprint density at radius 1 is 1.03 bits per heavy atom. The summed E-state index contributed by atoms with van der Waals surface area (Å²) in [5, 5.41) is 10.7. The van der Waals surface area contributed by atoms with Crippen LogP contribution in [-0.2, 0) is 19.5 Å². The first-order chi connectivity index (χ1) is 15.4. The van der Waals surface area contributed by atoms with E-state index < -0.39 is 5.91 Å². The molecule has 1 aliphatic heterocycles. The number of aromatic amines is 1. The Morgan fingerprint density at radius 2 is 1.66 bits per heavy atom. The van der Waals surface area contributed by atoms with Crippen LogP contribution in [0.4, 0.5) is 5.82 Å². The number of hydrogen-bond donors (Lipinski definition) is 3. The van der Waals surface area contributed by atoms with Crippen molar-refractivity contribution in [3.05, 3.63) is 81.0 Å². The molecule has 0 atom stereocenters. The Hall–Kier alpha value is -3.12. The Labute approximate surface area is 190 Å². The number of H-pyrrole nitrogens is 1. The van der Waals surface area contributed by atoms with Crippen LogP contribution < -0.4 is 11.1 Å². The number of benzene rings is 2. The second-order valence-electron chi connectivity index (χ2n) is 8.97. The molecule has 0 aliphatic carbocycles. The molecule has 0 radical (unpaired) electrons. The van der Waals surface area contributed by atoms with E-state index in [-0.39, 0.29) is 0 Å². The van der Waals surface area contributed by atoms with Gasteiger partial charge in [0.2, 0.25) is 0 Å². The molecule has 1 amide bonds. The summed E-state index contributed by atoms with van der Waals surface area (Å²) >= 11 is 0. The summed E-state index contributed by atoms with van der Waals surface area (Å²) in [6.45, 7) is 10.3. The molecule has 0 bridgehead atoms. The van der Waals surface area contributed by atoms with Crippen LogP contribution in [0.1, 0.15) is 62.3 Å². The van der Waals surface area contributed by atoms with Gasteiger partial charge >= 0.3 is 0 Å². The van der Waals surface area contributed by atoms with Gasteiger partial charge in [0.25, 0.3) is 5.91 Å². The molecule has 4 rings (SSSR count). The van der Waals surface area contributed by atoms with E-state index >= 15 is 0 Å². The smallest absolute Gasteiger partial charge is 0.254 e. The standard InChI is InChI=1S/C26H33N5O/c1-17-12-22(13-18(2)19(17)3)15-28-26-24(25(27)32)23(29-30-26)14-20-6-8-21(9-7-20)16-31-10-4-5-11-31/h6-9,12-13H,4-5,10-11,14-16H2,1-3H3,(H2,27,32)(H2,28,29,30). The van der Waals surface area contributed by atoms with Gasteiger partial charge in [-0.15, -0.1) is 0 Å². The Kier molecular flexibility index (Phi) is 6.61. The van der Waals surface area contributed by atoms with Crippen molar-refractivity contribution in [2.24, 2.45) is 5.73 Å². The van der Waals surface area contributed by atoms with Gasteiger partial charge in [-0.3, -0.25) is 14.8 Å². The van der Waals surface area contributed by atoms with E-state index in [4.69, 9.17) is 5.73 Å². The van der Waals surface area contributed by atoms with Crippen molar-refractivity contribution in [2.75, 3.05) is 18.4 Å². The maximum atomic E-state index is 12.2. The number of nitrogens with zero attached hydrogens (tertiary/aromatic N) is 2. The zero-order valence-corrected chi connectivity index (χ0v) is 19.3. The number of primary amides is 1. The lowest BCUT2D eigenvalue weighted by molar-refractivity contribution is 0.100. The normalized spacial score (nSPS) is 14.1.